The average Bonchev–Trinajstić information content (AvgIpc) is 2.50. The molecule has 0 aliphatic heterocycles. The van der Waals surface area contributed by atoms with E-state index in [1.165, 1.54) is 11.6 Å². The van der Waals surface area contributed by atoms with Crippen molar-refractivity contribution in [2.75, 3.05) is 6.61 Å². The highest BCUT2D eigenvalue weighted by molar-refractivity contribution is 5.85. The van der Waals surface area contributed by atoms with E-state index in [-0.39, 0.29) is 12.4 Å². The summed E-state index contributed by atoms with van der Waals surface area (Å²) in [5.41, 5.74) is 3.28. The third-order valence-electron chi connectivity index (χ3n) is 3.17. The number of halogens is 1. The number of fused-ring (bicyclic) bond motifs is 1. The predicted octanol–water partition coefficient (Wildman–Crippen LogP) is 2.55. The Bertz CT molecular complexity index is 516. The summed E-state index contributed by atoms with van der Waals surface area (Å²) < 4.78 is 15.2. The lowest BCUT2D eigenvalue weighted by molar-refractivity contribution is 0.288. The molecule has 3 heteroatoms. The van der Waals surface area contributed by atoms with Gasteiger partial charge < -0.3 is 9.67 Å². The Labute approximate surface area is 94.3 Å². The van der Waals surface area contributed by atoms with Crippen LogP contribution in [0.3, 0.4) is 0 Å². The number of nitrogens with zero attached hydrogens (tertiary/aromatic N) is 1. The van der Waals surface area contributed by atoms with Gasteiger partial charge in [0.25, 0.3) is 0 Å². The molecule has 0 aliphatic rings. The van der Waals surface area contributed by atoms with Crippen LogP contribution >= 0.6 is 0 Å². The fourth-order valence-corrected chi connectivity index (χ4v) is 2.19. The molecule has 0 fully saturated rings. The lowest BCUT2D eigenvalue weighted by Crippen LogP contribution is -1.94. The lowest BCUT2D eigenvalue weighted by Gasteiger charge is -2.00. The Balaban J connectivity index is 2.59. The first-order chi connectivity index (χ1) is 7.65. The summed E-state index contributed by atoms with van der Waals surface area (Å²) in [5, 5.41) is 9.97. The highest BCUT2D eigenvalue weighted by Crippen LogP contribution is 2.26. The Morgan fingerprint density at radius 3 is 2.81 bits per heavy atom. The topological polar surface area (TPSA) is 25.2 Å². The number of aromatic nitrogens is 1. The monoisotopic (exact) mass is 221 g/mol. The first kappa shape index (κ1) is 11.1. The molecule has 0 spiro atoms. The van der Waals surface area contributed by atoms with Crippen LogP contribution in [0.25, 0.3) is 10.9 Å². The van der Waals surface area contributed by atoms with Crippen molar-refractivity contribution in [3.8, 4) is 0 Å². The quantitative estimate of drug-likeness (QED) is 0.846. The minimum atomic E-state index is -0.207. The SMILES string of the molecule is Cc1c(CCCO)c2ccc(F)cc2n1C. The van der Waals surface area contributed by atoms with Gasteiger partial charge in [0.05, 0.1) is 5.52 Å². The normalized spacial score (nSPS) is 11.2. The summed E-state index contributed by atoms with van der Waals surface area (Å²) in [6.07, 6.45) is 1.59. The van der Waals surface area contributed by atoms with Crippen molar-refractivity contribution in [2.45, 2.75) is 19.8 Å². The van der Waals surface area contributed by atoms with E-state index in [1.807, 2.05) is 24.6 Å². The van der Waals surface area contributed by atoms with E-state index in [9.17, 15) is 4.39 Å². The summed E-state index contributed by atoms with van der Waals surface area (Å²) in [7, 11) is 1.94. The van der Waals surface area contributed by atoms with Crippen molar-refractivity contribution in [2.24, 2.45) is 7.05 Å². The number of rotatable bonds is 3. The van der Waals surface area contributed by atoms with E-state index in [4.69, 9.17) is 5.11 Å². The standard InChI is InChI=1S/C13H16FNO/c1-9-11(4-3-7-16)12-6-5-10(14)8-13(12)15(9)2/h5-6,8,16H,3-4,7H2,1-2H3. The van der Waals surface area contributed by atoms with E-state index >= 15 is 0 Å². The van der Waals surface area contributed by atoms with Crippen LogP contribution in [-0.2, 0) is 13.5 Å². The van der Waals surface area contributed by atoms with Crippen LogP contribution < -0.4 is 0 Å². The van der Waals surface area contributed by atoms with Gasteiger partial charge in [0.2, 0.25) is 0 Å². The average molecular weight is 221 g/mol. The highest BCUT2D eigenvalue weighted by atomic mass is 19.1. The molecule has 0 bridgehead atoms. The molecule has 2 aromatic rings. The molecule has 2 rings (SSSR count). The zero-order valence-corrected chi connectivity index (χ0v) is 9.63. The van der Waals surface area contributed by atoms with E-state index in [1.54, 1.807) is 6.07 Å². The van der Waals surface area contributed by atoms with Crippen molar-refractivity contribution in [1.29, 1.82) is 0 Å². The molecular weight excluding hydrogens is 205 g/mol. The molecule has 0 atom stereocenters. The maximum Gasteiger partial charge on any atom is 0.125 e. The molecule has 0 saturated carbocycles. The molecule has 1 heterocycles. The van der Waals surface area contributed by atoms with Crippen LogP contribution in [0.2, 0.25) is 0 Å². The fourth-order valence-electron chi connectivity index (χ4n) is 2.19. The number of hydrogen-bond donors (Lipinski definition) is 1. The molecule has 86 valence electrons. The first-order valence-corrected chi connectivity index (χ1v) is 5.49. The minimum Gasteiger partial charge on any atom is -0.396 e. The van der Waals surface area contributed by atoms with Crippen LogP contribution in [-0.4, -0.2) is 16.3 Å². The predicted molar refractivity (Wildman–Crippen MR) is 63.0 cm³/mol. The van der Waals surface area contributed by atoms with Gasteiger partial charge in [0.15, 0.2) is 0 Å². The maximum atomic E-state index is 13.2. The molecular formula is C13H16FNO. The number of hydrogen-bond acceptors (Lipinski definition) is 1. The summed E-state index contributed by atoms with van der Waals surface area (Å²) in [6.45, 7) is 2.22. The Morgan fingerprint density at radius 1 is 1.38 bits per heavy atom. The summed E-state index contributed by atoms with van der Waals surface area (Å²) >= 11 is 0. The lowest BCUT2D eigenvalue weighted by atomic mass is 10.1. The highest BCUT2D eigenvalue weighted by Gasteiger charge is 2.11. The van der Waals surface area contributed by atoms with Gasteiger partial charge in [-0.25, -0.2) is 4.39 Å². The Hall–Kier alpha value is -1.35. The van der Waals surface area contributed by atoms with E-state index in [0.717, 1.165) is 29.4 Å². The number of aliphatic hydroxyl groups excluding tert-OH is 1. The van der Waals surface area contributed by atoms with Gasteiger partial charge >= 0.3 is 0 Å². The van der Waals surface area contributed by atoms with Gasteiger partial charge in [-0.3, -0.25) is 0 Å². The van der Waals surface area contributed by atoms with Crippen LogP contribution in [0.1, 0.15) is 17.7 Å². The van der Waals surface area contributed by atoms with Crippen LogP contribution in [0.15, 0.2) is 18.2 Å². The Morgan fingerprint density at radius 2 is 2.12 bits per heavy atom. The van der Waals surface area contributed by atoms with Crippen molar-refractivity contribution in [3.63, 3.8) is 0 Å². The summed E-state index contributed by atoms with van der Waals surface area (Å²) in [6, 6.07) is 4.87. The summed E-state index contributed by atoms with van der Waals surface area (Å²) in [4.78, 5) is 0. The molecule has 0 unspecified atom stereocenters. The molecule has 0 saturated heterocycles. The second-order valence-electron chi connectivity index (χ2n) is 4.11. The zero-order chi connectivity index (χ0) is 11.7. The van der Waals surface area contributed by atoms with Crippen molar-refractivity contribution >= 4 is 10.9 Å². The van der Waals surface area contributed by atoms with E-state index < -0.39 is 0 Å². The maximum absolute atomic E-state index is 13.2. The second kappa shape index (κ2) is 4.26. The Kier molecular flexibility index (Phi) is 2.97. The smallest absolute Gasteiger partial charge is 0.125 e. The zero-order valence-electron chi connectivity index (χ0n) is 9.63. The van der Waals surface area contributed by atoms with Crippen LogP contribution in [0.5, 0.6) is 0 Å². The van der Waals surface area contributed by atoms with Gasteiger partial charge in [-0.1, -0.05) is 0 Å². The molecule has 1 aromatic heterocycles. The van der Waals surface area contributed by atoms with Crippen LogP contribution in [0.4, 0.5) is 4.39 Å². The molecule has 0 aliphatic carbocycles. The molecule has 0 radical (unpaired) electrons. The molecule has 1 N–H and O–H groups in total. The van der Waals surface area contributed by atoms with Gasteiger partial charge in [0, 0.05) is 24.7 Å². The molecule has 1 aromatic carbocycles. The van der Waals surface area contributed by atoms with Gasteiger partial charge in [-0.2, -0.15) is 0 Å². The third kappa shape index (κ3) is 1.71. The largest absolute Gasteiger partial charge is 0.396 e. The third-order valence-corrected chi connectivity index (χ3v) is 3.17. The number of aliphatic hydroxyl groups is 1. The first-order valence-electron chi connectivity index (χ1n) is 5.49. The van der Waals surface area contributed by atoms with Crippen LogP contribution in [0, 0.1) is 12.7 Å². The van der Waals surface area contributed by atoms with Gasteiger partial charge in [0.1, 0.15) is 5.82 Å². The molecule has 0 amide bonds. The van der Waals surface area contributed by atoms with Crippen molar-refractivity contribution < 1.29 is 9.50 Å². The van der Waals surface area contributed by atoms with Gasteiger partial charge in [-0.15, -0.1) is 0 Å². The minimum absolute atomic E-state index is 0.191. The van der Waals surface area contributed by atoms with Gasteiger partial charge in [-0.05, 0) is 43.5 Å². The van der Waals surface area contributed by atoms with E-state index in [0.29, 0.717) is 0 Å². The summed E-state index contributed by atoms with van der Waals surface area (Å²) in [5.74, 6) is -0.207. The fraction of sp³-hybridized carbons (Fsp3) is 0.385. The van der Waals surface area contributed by atoms with E-state index in [2.05, 4.69) is 0 Å². The molecule has 2 nitrogen and oxygen atoms in total. The van der Waals surface area contributed by atoms with Crippen molar-refractivity contribution in [3.05, 3.63) is 35.3 Å². The molecule has 16 heavy (non-hydrogen) atoms. The van der Waals surface area contributed by atoms with Crippen molar-refractivity contribution in [1.82, 2.24) is 4.57 Å². The number of aryl methyl sites for hydroxylation is 2. The number of benzene rings is 1. The second-order valence-corrected chi connectivity index (χ2v) is 4.11.